The largest absolute Gasteiger partial charge is 0.480 e. The monoisotopic (exact) mass is 308 g/mol. The van der Waals surface area contributed by atoms with Gasteiger partial charge in [0.05, 0.1) is 25.4 Å². The third-order valence-corrected chi connectivity index (χ3v) is 3.23. The predicted molar refractivity (Wildman–Crippen MR) is 72.4 cm³/mol. The third-order valence-electron chi connectivity index (χ3n) is 3.23. The highest BCUT2D eigenvalue weighted by molar-refractivity contribution is 5.79. The van der Waals surface area contributed by atoms with Crippen LogP contribution in [0.1, 0.15) is 11.1 Å². The van der Waals surface area contributed by atoms with Gasteiger partial charge in [-0.25, -0.2) is 14.6 Å². The highest BCUT2D eigenvalue weighted by atomic mass is 19.4. The van der Waals surface area contributed by atoms with Crippen molar-refractivity contribution < 1.29 is 17.9 Å². The molecule has 3 rings (SSSR count). The van der Waals surface area contributed by atoms with E-state index in [9.17, 15) is 13.2 Å². The van der Waals surface area contributed by atoms with Crippen LogP contribution in [0.25, 0.3) is 11.0 Å². The first-order valence-electron chi connectivity index (χ1n) is 6.36. The number of alkyl halides is 3. The summed E-state index contributed by atoms with van der Waals surface area (Å²) in [7, 11) is 1.46. The maximum atomic E-state index is 13.0. The summed E-state index contributed by atoms with van der Waals surface area (Å²) in [6.07, 6.45) is -1.65. The van der Waals surface area contributed by atoms with Crippen LogP contribution in [0.5, 0.6) is 5.88 Å². The number of methoxy groups -OCH3 is 1. The van der Waals surface area contributed by atoms with E-state index in [1.807, 2.05) is 0 Å². The van der Waals surface area contributed by atoms with E-state index in [0.717, 1.165) is 6.07 Å². The molecule has 0 spiro atoms. The van der Waals surface area contributed by atoms with Gasteiger partial charge in [-0.15, -0.1) is 0 Å². The molecule has 0 aliphatic rings. The predicted octanol–water partition coefficient (Wildman–Crippen LogP) is 2.90. The highest BCUT2D eigenvalue weighted by Crippen LogP contribution is 2.32. The Hall–Kier alpha value is -2.64. The molecule has 0 amide bonds. The first-order chi connectivity index (χ1) is 10.5. The van der Waals surface area contributed by atoms with Crippen LogP contribution in [0.15, 0.2) is 36.8 Å². The van der Waals surface area contributed by atoms with E-state index in [4.69, 9.17) is 4.74 Å². The number of ether oxygens (including phenoxy) is 1. The molecule has 0 unspecified atom stereocenters. The van der Waals surface area contributed by atoms with Crippen LogP contribution in [0.4, 0.5) is 13.2 Å². The maximum absolute atomic E-state index is 13.0. The van der Waals surface area contributed by atoms with Crippen molar-refractivity contribution in [2.24, 2.45) is 0 Å². The third kappa shape index (κ3) is 2.47. The summed E-state index contributed by atoms with van der Waals surface area (Å²) in [5.74, 6) is 0.334. The van der Waals surface area contributed by atoms with Crippen molar-refractivity contribution in [2.75, 3.05) is 7.11 Å². The van der Waals surface area contributed by atoms with E-state index in [1.165, 1.54) is 36.4 Å². The molecule has 0 fully saturated rings. The van der Waals surface area contributed by atoms with Gasteiger partial charge in [0.1, 0.15) is 11.7 Å². The first-order valence-corrected chi connectivity index (χ1v) is 6.36. The lowest BCUT2D eigenvalue weighted by atomic mass is 10.1. The Bertz CT molecular complexity index is 813. The average molecular weight is 308 g/mol. The lowest BCUT2D eigenvalue weighted by Crippen LogP contribution is -2.12. The van der Waals surface area contributed by atoms with E-state index in [-0.39, 0.29) is 12.1 Å². The van der Waals surface area contributed by atoms with Gasteiger partial charge >= 0.3 is 6.18 Å². The lowest BCUT2D eigenvalue weighted by Gasteiger charge is -2.12. The van der Waals surface area contributed by atoms with Crippen molar-refractivity contribution in [1.82, 2.24) is 19.7 Å². The summed E-state index contributed by atoms with van der Waals surface area (Å²) in [4.78, 5) is 8.00. The van der Waals surface area contributed by atoms with Crippen molar-refractivity contribution in [1.29, 1.82) is 0 Å². The zero-order valence-corrected chi connectivity index (χ0v) is 11.5. The molecule has 0 N–H and O–H groups in total. The molecule has 0 bridgehead atoms. The summed E-state index contributed by atoms with van der Waals surface area (Å²) in [5.41, 5.74) is -0.138. The molecule has 22 heavy (non-hydrogen) atoms. The molecule has 0 aliphatic carbocycles. The molecule has 1 aromatic carbocycles. The van der Waals surface area contributed by atoms with Gasteiger partial charge in [-0.1, -0.05) is 18.2 Å². The molecule has 114 valence electrons. The molecular formula is C14H11F3N4O. The van der Waals surface area contributed by atoms with Crippen LogP contribution in [0.3, 0.4) is 0 Å². The molecule has 5 nitrogen and oxygen atoms in total. The summed E-state index contributed by atoms with van der Waals surface area (Å²) < 4.78 is 45.6. The van der Waals surface area contributed by atoms with Gasteiger partial charge in [0.15, 0.2) is 5.65 Å². The minimum Gasteiger partial charge on any atom is -0.480 e. The second-order valence-electron chi connectivity index (χ2n) is 4.58. The Kier molecular flexibility index (Phi) is 3.44. The van der Waals surface area contributed by atoms with Gasteiger partial charge < -0.3 is 4.74 Å². The van der Waals surface area contributed by atoms with Crippen molar-refractivity contribution in [3.8, 4) is 5.88 Å². The zero-order valence-electron chi connectivity index (χ0n) is 11.5. The van der Waals surface area contributed by atoms with E-state index in [2.05, 4.69) is 15.1 Å². The Balaban J connectivity index is 2.05. The van der Waals surface area contributed by atoms with E-state index in [0.29, 0.717) is 16.9 Å². The summed E-state index contributed by atoms with van der Waals surface area (Å²) in [6, 6.07) is 5.40. The fraction of sp³-hybridized carbons (Fsp3) is 0.214. The topological polar surface area (TPSA) is 52.8 Å². The van der Waals surface area contributed by atoms with Gasteiger partial charge in [-0.3, -0.25) is 0 Å². The number of benzene rings is 1. The molecule has 8 heteroatoms. The van der Waals surface area contributed by atoms with Crippen LogP contribution in [0, 0.1) is 0 Å². The Morgan fingerprint density at radius 3 is 2.68 bits per heavy atom. The number of fused-ring (bicyclic) bond motifs is 1. The van der Waals surface area contributed by atoms with E-state index >= 15 is 0 Å². The molecular weight excluding hydrogens is 297 g/mol. The van der Waals surface area contributed by atoms with E-state index in [1.54, 1.807) is 6.07 Å². The minimum absolute atomic E-state index is 0.0423. The summed E-state index contributed by atoms with van der Waals surface area (Å²) >= 11 is 0. The minimum atomic E-state index is -4.41. The fourth-order valence-corrected chi connectivity index (χ4v) is 2.25. The number of aromatic nitrogens is 4. The molecule has 0 radical (unpaired) electrons. The first kappa shape index (κ1) is 14.3. The van der Waals surface area contributed by atoms with Crippen LogP contribution < -0.4 is 4.74 Å². The van der Waals surface area contributed by atoms with Gasteiger partial charge in [-0.2, -0.15) is 18.3 Å². The SMILES string of the molecule is COc1ncnc2c1cnn2Cc1ccccc1C(F)(F)F. The van der Waals surface area contributed by atoms with Crippen molar-refractivity contribution >= 4 is 11.0 Å². The number of nitrogens with zero attached hydrogens (tertiary/aromatic N) is 4. The molecule has 3 aromatic rings. The van der Waals surface area contributed by atoms with Crippen molar-refractivity contribution in [3.63, 3.8) is 0 Å². The summed E-state index contributed by atoms with van der Waals surface area (Å²) in [6.45, 7) is -0.0423. The highest BCUT2D eigenvalue weighted by Gasteiger charge is 2.33. The molecule has 0 atom stereocenters. The van der Waals surface area contributed by atoms with Gasteiger partial charge in [-0.05, 0) is 11.6 Å². The van der Waals surface area contributed by atoms with Crippen molar-refractivity contribution in [3.05, 3.63) is 47.9 Å². The number of rotatable bonds is 3. The number of hydrogen-bond acceptors (Lipinski definition) is 4. The Morgan fingerprint density at radius 1 is 1.18 bits per heavy atom. The Morgan fingerprint density at radius 2 is 1.95 bits per heavy atom. The quantitative estimate of drug-likeness (QED) is 0.746. The van der Waals surface area contributed by atoms with E-state index < -0.39 is 11.7 Å². The Labute approximate surface area is 123 Å². The van der Waals surface area contributed by atoms with Gasteiger partial charge in [0, 0.05) is 0 Å². The van der Waals surface area contributed by atoms with Crippen molar-refractivity contribution in [2.45, 2.75) is 12.7 Å². The standard InChI is InChI=1S/C14H11F3N4O/c1-22-13-10-6-20-21(12(10)18-8-19-13)7-9-4-2-3-5-11(9)14(15,16)17/h2-6,8H,7H2,1H3. The molecule has 0 aliphatic heterocycles. The second kappa shape index (κ2) is 5.28. The smallest absolute Gasteiger partial charge is 0.416 e. The number of halogens is 3. The van der Waals surface area contributed by atoms with Crippen LogP contribution in [-0.2, 0) is 12.7 Å². The normalized spacial score (nSPS) is 11.8. The fourth-order valence-electron chi connectivity index (χ4n) is 2.25. The summed E-state index contributed by atoms with van der Waals surface area (Å²) in [5, 5.41) is 4.64. The molecule has 0 saturated heterocycles. The van der Waals surface area contributed by atoms with Crippen LogP contribution >= 0.6 is 0 Å². The average Bonchev–Trinajstić information content (AvgIpc) is 2.90. The van der Waals surface area contributed by atoms with Crippen LogP contribution in [0.2, 0.25) is 0 Å². The molecule has 2 heterocycles. The van der Waals surface area contributed by atoms with Gasteiger partial charge in [0.25, 0.3) is 0 Å². The lowest BCUT2D eigenvalue weighted by molar-refractivity contribution is -0.138. The zero-order chi connectivity index (χ0) is 15.7. The molecule has 0 saturated carbocycles. The van der Waals surface area contributed by atoms with Crippen LogP contribution in [-0.4, -0.2) is 26.9 Å². The van der Waals surface area contributed by atoms with Gasteiger partial charge in [0.2, 0.25) is 5.88 Å². The maximum Gasteiger partial charge on any atom is 0.416 e. The second-order valence-corrected chi connectivity index (χ2v) is 4.58. The number of hydrogen-bond donors (Lipinski definition) is 0. The molecule has 2 aromatic heterocycles.